The third kappa shape index (κ3) is 5.42. The molecule has 0 saturated heterocycles. The van der Waals surface area contributed by atoms with Crippen LogP contribution in [-0.4, -0.2) is 26.8 Å². The Labute approximate surface area is 160 Å². The zero-order valence-corrected chi connectivity index (χ0v) is 15.7. The molecule has 2 aromatic heterocycles. The Morgan fingerprint density at radius 2 is 1.89 bits per heavy atom. The lowest BCUT2D eigenvalue weighted by Crippen LogP contribution is -2.14. The van der Waals surface area contributed by atoms with Crippen molar-refractivity contribution in [2.45, 2.75) is 26.9 Å². The van der Waals surface area contributed by atoms with Gasteiger partial charge in [-0.1, -0.05) is 17.7 Å². The lowest BCUT2D eigenvalue weighted by atomic mass is 10.2. The van der Waals surface area contributed by atoms with Gasteiger partial charge in [-0.15, -0.1) is 11.3 Å². The van der Waals surface area contributed by atoms with Gasteiger partial charge in [-0.3, -0.25) is 9.78 Å². The Hall–Kier alpha value is -3.13. The van der Waals surface area contributed by atoms with E-state index < -0.39 is 5.97 Å². The van der Waals surface area contributed by atoms with Crippen LogP contribution in [0.4, 0.5) is 5.69 Å². The van der Waals surface area contributed by atoms with Gasteiger partial charge in [-0.25, -0.2) is 14.8 Å². The van der Waals surface area contributed by atoms with E-state index >= 15 is 0 Å². The van der Waals surface area contributed by atoms with Crippen LogP contribution in [-0.2, 0) is 22.6 Å². The molecular formula is C19H18N4O3S. The summed E-state index contributed by atoms with van der Waals surface area (Å²) in [5, 5.41) is 5.25. The fourth-order valence-corrected chi connectivity index (χ4v) is 2.96. The first-order valence-corrected chi connectivity index (χ1v) is 9.13. The van der Waals surface area contributed by atoms with E-state index in [1.807, 2.05) is 31.2 Å². The molecule has 1 aromatic carbocycles. The molecule has 1 amide bonds. The first-order chi connectivity index (χ1) is 13.0. The van der Waals surface area contributed by atoms with Crippen molar-refractivity contribution < 1.29 is 14.3 Å². The van der Waals surface area contributed by atoms with Gasteiger partial charge in [0.2, 0.25) is 5.91 Å². The molecule has 2 heterocycles. The largest absolute Gasteiger partial charge is 0.454 e. The van der Waals surface area contributed by atoms with Crippen LogP contribution >= 0.6 is 11.3 Å². The second-order valence-corrected chi connectivity index (χ2v) is 6.89. The quantitative estimate of drug-likeness (QED) is 0.659. The molecule has 3 rings (SSSR count). The Morgan fingerprint density at radius 3 is 2.59 bits per heavy atom. The Kier molecular flexibility index (Phi) is 5.87. The Balaban J connectivity index is 1.50. The second-order valence-electron chi connectivity index (χ2n) is 5.94. The van der Waals surface area contributed by atoms with Crippen molar-refractivity contribution in [3.05, 3.63) is 69.7 Å². The van der Waals surface area contributed by atoms with Gasteiger partial charge >= 0.3 is 5.97 Å². The molecule has 0 spiro atoms. The molecule has 0 saturated carbocycles. The summed E-state index contributed by atoms with van der Waals surface area (Å²) in [6.07, 6.45) is 3.04. The van der Waals surface area contributed by atoms with Crippen LogP contribution in [0, 0.1) is 13.8 Å². The number of hydrogen-bond acceptors (Lipinski definition) is 7. The molecule has 0 radical (unpaired) electrons. The van der Waals surface area contributed by atoms with Crippen molar-refractivity contribution >= 4 is 28.9 Å². The molecule has 1 N–H and O–H groups in total. The lowest BCUT2D eigenvalue weighted by molar-refractivity contribution is -0.115. The maximum absolute atomic E-state index is 12.1. The zero-order valence-electron chi connectivity index (χ0n) is 14.9. The minimum Gasteiger partial charge on any atom is -0.454 e. The number of aromatic nitrogens is 3. The lowest BCUT2D eigenvalue weighted by Gasteiger charge is -2.04. The van der Waals surface area contributed by atoms with Crippen molar-refractivity contribution in [1.29, 1.82) is 0 Å². The van der Waals surface area contributed by atoms with Crippen molar-refractivity contribution in [3.8, 4) is 0 Å². The molecule has 0 fully saturated rings. The molecule has 7 nitrogen and oxygen atoms in total. The number of nitrogens with one attached hydrogen (secondary N) is 1. The number of ether oxygens (including phenoxy) is 1. The van der Waals surface area contributed by atoms with E-state index in [0.717, 1.165) is 16.9 Å². The number of hydrogen-bond donors (Lipinski definition) is 1. The number of nitrogens with zero attached hydrogens (tertiary/aromatic N) is 3. The molecule has 0 aliphatic heterocycles. The van der Waals surface area contributed by atoms with E-state index in [0.29, 0.717) is 10.7 Å². The highest BCUT2D eigenvalue weighted by Crippen LogP contribution is 2.14. The van der Waals surface area contributed by atoms with E-state index in [2.05, 4.69) is 20.3 Å². The fourth-order valence-electron chi connectivity index (χ4n) is 2.19. The molecule has 0 bridgehead atoms. The molecule has 0 aliphatic rings. The zero-order chi connectivity index (χ0) is 19.2. The third-order valence-corrected chi connectivity index (χ3v) is 4.49. The molecule has 138 valence electrons. The summed E-state index contributed by atoms with van der Waals surface area (Å²) < 4.78 is 5.18. The summed E-state index contributed by atoms with van der Waals surface area (Å²) in [5.74, 6) is -0.708. The minimum absolute atomic E-state index is 0.0183. The van der Waals surface area contributed by atoms with Crippen molar-refractivity contribution in [2.24, 2.45) is 0 Å². The summed E-state index contributed by atoms with van der Waals surface area (Å²) in [5.41, 5.74) is 3.33. The average Bonchev–Trinajstić information content (AvgIpc) is 3.09. The first kappa shape index (κ1) is 18.7. The summed E-state index contributed by atoms with van der Waals surface area (Å²) in [7, 11) is 0. The van der Waals surface area contributed by atoms with Crippen molar-refractivity contribution in [2.75, 3.05) is 5.32 Å². The van der Waals surface area contributed by atoms with Gasteiger partial charge in [-0.2, -0.15) is 0 Å². The highest BCUT2D eigenvalue weighted by atomic mass is 32.1. The average molecular weight is 382 g/mol. The van der Waals surface area contributed by atoms with Crippen LogP contribution in [0.25, 0.3) is 0 Å². The van der Waals surface area contributed by atoms with E-state index in [-0.39, 0.29) is 24.6 Å². The molecule has 8 heteroatoms. The first-order valence-electron chi connectivity index (χ1n) is 8.25. The predicted octanol–water partition coefficient (Wildman–Crippen LogP) is 3.09. The normalized spacial score (nSPS) is 10.4. The van der Waals surface area contributed by atoms with Crippen LogP contribution in [0.5, 0.6) is 0 Å². The van der Waals surface area contributed by atoms with Crippen LogP contribution in [0.2, 0.25) is 0 Å². The Bertz CT molecular complexity index is 936. The van der Waals surface area contributed by atoms with Gasteiger partial charge < -0.3 is 10.1 Å². The summed E-state index contributed by atoms with van der Waals surface area (Å²) >= 11 is 1.35. The number of esters is 1. The van der Waals surface area contributed by atoms with E-state index in [4.69, 9.17) is 4.74 Å². The van der Waals surface area contributed by atoms with E-state index in [1.165, 1.54) is 23.7 Å². The fraction of sp³-hybridized carbons (Fsp3) is 0.211. The summed E-state index contributed by atoms with van der Waals surface area (Å²) in [6, 6.07) is 7.58. The summed E-state index contributed by atoms with van der Waals surface area (Å²) in [4.78, 5) is 36.3. The van der Waals surface area contributed by atoms with Gasteiger partial charge in [-0.05, 0) is 26.0 Å². The SMILES string of the molecule is Cc1ccc(NC(=O)Cc2nc(COC(=O)c3cnc(C)cn3)cs2)cc1. The standard InChI is InChI=1S/C19H18N4O3S/c1-12-3-5-14(6-4-12)22-17(24)7-18-23-15(11-27-18)10-26-19(25)16-9-20-13(2)8-21-16/h3-6,8-9,11H,7,10H2,1-2H3,(H,22,24). The van der Waals surface area contributed by atoms with Gasteiger partial charge in [0.05, 0.1) is 24.0 Å². The van der Waals surface area contributed by atoms with Crippen molar-refractivity contribution in [3.63, 3.8) is 0 Å². The van der Waals surface area contributed by atoms with E-state index in [9.17, 15) is 9.59 Å². The highest BCUT2D eigenvalue weighted by Gasteiger charge is 2.12. The predicted molar refractivity (Wildman–Crippen MR) is 102 cm³/mol. The maximum Gasteiger partial charge on any atom is 0.358 e. The van der Waals surface area contributed by atoms with Crippen molar-refractivity contribution in [1.82, 2.24) is 15.0 Å². The smallest absolute Gasteiger partial charge is 0.358 e. The molecule has 27 heavy (non-hydrogen) atoms. The highest BCUT2D eigenvalue weighted by molar-refractivity contribution is 7.09. The van der Waals surface area contributed by atoms with Crippen LogP contribution in [0.1, 0.15) is 32.4 Å². The van der Waals surface area contributed by atoms with Gasteiger partial charge in [0.1, 0.15) is 11.6 Å². The number of benzene rings is 1. The third-order valence-electron chi connectivity index (χ3n) is 3.59. The Morgan fingerprint density at radius 1 is 1.11 bits per heavy atom. The van der Waals surface area contributed by atoms with Gasteiger partial charge in [0.15, 0.2) is 5.69 Å². The number of rotatable bonds is 6. The van der Waals surface area contributed by atoms with Crippen LogP contribution < -0.4 is 5.32 Å². The maximum atomic E-state index is 12.1. The molecule has 0 atom stereocenters. The summed E-state index contributed by atoms with van der Waals surface area (Å²) in [6.45, 7) is 3.79. The molecule has 0 aliphatic carbocycles. The number of carbonyl (C=O) groups excluding carboxylic acids is 2. The number of anilines is 1. The van der Waals surface area contributed by atoms with Gasteiger partial charge in [0.25, 0.3) is 0 Å². The monoisotopic (exact) mass is 382 g/mol. The van der Waals surface area contributed by atoms with Crippen LogP contribution in [0.15, 0.2) is 42.0 Å². The minimum atomic E-state index is -0.561. The molecule has 0 unspecified atom stereocenters. The molecular weight excluding hydrogens is 364 g/mol. The number of aryl methyl sites for hydroxylation is 2. The van der Waals surface area contributed by atoms with Crippen LogP contribution in [0.3, 0.4) is 0 Å². The number of carbonyl (C=O) groups is 2. The number of thiazole rings is 1. The molecule has 3 aromatic rings. The second kappa shape index (κ2) is 8.50. The van der Waals surface area contributed by atoms with Gasteiger partial charge in [0, 0.05) is 17.3 Å². The number of amides is 1. The van der Waals surface area contributed by atoms with E-state index in [1.54, 1.807) is 12.3 Å². The topological polar surface area (TPSA) is 94.1 Å².